The van der Waals surface area contributed by atoms with Crippen LogP contribution in [0.5, 0.6) is 0 Å². The fourth-order valence-corrected chi connectivity index (χ4v) is 3.69. The van der Waals surface area contributed by atoms with Crippen LogP contribution in [0.4, 0.5) is 0 Å². The van der Waals surface area contributed by atoms with E-state index in [1.165, 1.54) is 36.0 Å². The maximum atomic E-state index is 12.8. The average Bonchev–Trinajstić information content (AvgIpc) is 2.89. The summed E-state index contributed by atoms with van der Waals surface area (Å²) in [5.74, 6) is 1.09. The molecule has 1 heteroatoms. The number of carbonyl (C=O) groups excluding carboxylic acids is 1. The van der Waals surface area contributed by atoms with Crippen LogP contribution in [0.1, 0.15) is 64.6 Å². The summed E-state index contributed by atoms with van der Waals surface area (Å²) in [7, 11) is 0. The van der Waals surface area contributed by atoms with Gasteiger partial charge in [0.15, 0.2) is 5.78 Å². The second-order valence-electron chi connectivity index (χ2n) is 6.40. The molecule has 0 spiro atoms. The van der Waals surface area contributed by atoms with Gasteiger partial charge in [-0.15, -0.1) is 0 Å². The van der Waals surface area contributed by atoms with Crippen LogP contribution in [0.15, 0.2) is 48.5 Å². The molecule has 21 heavy (non-hydrogen) atoms. The molecule has 0 bridgehead atoms. The van der Waals surface area contributed by atoms with Gasteiger partial charge in [-0.1, -0.05) is 55.0 Å². The van der Waals surface area contributed by atoms with Gasteiger partial charge in [0.25, 0.3) is 0 Å². The van der Waals surface area contributed by atoms with Crippen molar-refractivity contribution in [3.05, 3.63) is 70.8 Å². The fraction of sp³-hybridized carbons (Fsp3) is 0.350. The van der Waals surface area contributed by atoms with Crippen LogP contribution in [0.25, 0.3) is 0 Å². The van der Waals surface area contributed by atoms with Crippen LogP contribution in [0.2, 0.25) is 0 Å². The quantitative estimate of drug-likeness (QED) is 0.731. The lowest BCUT2D eigenvalue weighted by molar-refractivity contribution is 0.0959. The van der Waals surface area contributed by atoms with Gasteiger partial charge in [-0.2, -0.15) is 0 Å². The second-order valence-corrected chi connectivity index (χ2v) is 6.40. The molecule has 0 saturated heterocycles. The Morgan fingerprint density at radius 1 is 0.905 bits per heavy atom. The van der Waals surface area contributed by atoms with Gasteiger partial charge in [-0.3, -0.25) is 4.79 Å². The summed E-state index contributed by atoms with van der Waals surface area (Å²) in [5, 5.41) is 0. The van der Waals surface area contributed by atoms with E-state index in [-0.39, 0.29) is 5.92 Å². The Kier molecular flexibility index (Phi) is 3.14. The Labute approximate surface area is 126 Å². The molecule has 4 rings (SSSR count). The predicted molar refractivity (Wildman–Crippen MR) is 84.9 cm³/mol. The third kappa shape index (κ3) is 2.21. The van der Waals surface area contributed by atoms with Gasteiger partial charge < -0.3 is 0 Å². The van der Waals surface area contributed by atoms with Crippen molar-refractivity contribution < 1.29 is 4.79 Å². The number of hydrogen-bond donors (Lipinski definition) is 0. The zero-order chi connectivity index (χ0) is 14.2. The van der Waals surface area contributed by atoms with E-state index < -0.39 is 0 Å². The highest BCUT2D eigenvalue weighted by molar-refractivity contribution is 6.01. The van der Waals surface area contributed by atoms with Crippen molar-refractivity contribution >= 4 is 5.78 Å². The zero-order valence-corrected chi connectivity index (χ0v) is 12.2. The summed E-state index contributed by atoms with van der Waals surface area (Å²) < 4.78 is 0. The van der Waals surface area contributed by atoms with Crippen molar-refractivity contribution in [3.63, 3.8) is 0 Å². The zero-order valence-electron chi connectivity index (χ0n) is 12.2. The monoisotopic (exact) mass is 276 g/mol. The van der Waals surface area contributed by atoms with Crippen molar-refractivity contribution in [2.24, 2.45) is 0 Å². The lowest BCUT2D eigenvalue weighted by atomic mass is 9.79. The maximum Gasteiger partial charge on any atom is 0.170 e. The summed E-state index contributed by atoms with van der Waals surface area (Å²) in [6, 6.07) is 16.8. The first kappa shape index (κ1) is 12.8. The molecule has 2 aliphatic carbocycles. The Morgan fingerprint density at radius 2 is 1.67 bits per heavy atom. The SMILES string of the molecule is O=C(c1ccc(C2CCC2)cc1)C1CCc2ccccc21. The minimum Gasteiger partial charge on any atom is -0.293 e. The molecule has 0 heterocycles. The molecule has 0 aromatic heterocycles. The number of ketones is 1. The lowest BCUT2D eigenvalue weighted by Gasteiger charge is -2.25. The third-order valence-corrected chi connectivity index (χ3v) is 5.22. The largest absolute Gasteiger partial charge is 0.293 e. The molecule has 106 valence electrons. The third-order valence-electron chi connectivity index (χ3n) is 5.22. The van der Waals surface area contributed by atoms with Crippen molar-refractivity contribution in [1.82, 2.24) is 0 Å². The molecule has 0 aliphatic heterocycles. The smallest absolute Gasteiger partial charge is 0.170 e. The van der Waals surface area contributed by atoms with Gasteiger partial charge >= 0.3 is 0 Å². The first-order valence-corrected chi connectivity index (χ1v) is 8.05. The van der Waals surface area contributed by atoms with Gasteiger partial charge in [0.2, 0.25) is 0 Å². The van der Waals surface area contributed by atoms with E-state index in [2.05, 4.69) is 30.3 Å². The van der Waals surface area contributed by atoms with Crippen molar-refractivity contribution in [3.8, 4) is 0 Å². The van der Waals surface area contributed by atoms with Crippen LogP contribution < -0.4 is 0 Å². The van der Waals surface area contributed by atoms with Crippen LogP contribution in [0, 0.1) is 0 Å². The highest BCUT2D eigenvalue weighted by atomic mass is 16.1. The standard InChI is InChI=1S/C20H20O/c21-20(19-13-12-16-4-1-2-7-18(16)19)17-10-8-15(9-11-17)14-5-3-6-14/h1-2,4,7-11,14,19H,3,5-6,12-13H2. The average molecular weight is 276 g/mol. The summed E-state index contributed by atoms with van der Waals surface area (Å²) in [4.78, 5) is 12.8. The second kappa shape index (κ2) is 5.14. The molecule has 2 aliphatic rings. The Bertz CT molecular complexity index is 664. The Balaban J connectivity index is 1.58. The summed E-state index contributed by atoms with van der Waals surface area (Å²) in [6.07, 6.45) is 5.96. The Hall–Kier alpha value is -1.89. The predicted octanol–water partition coefficient (Wildman–Crippen LogP) is 4.87. The number of benzene rings is 2. The highest BCUT2D eigenvalue weighted by Gasteiger charge is 2.29. The number of hydrogen-bond acceptors (Lipinski definition) is 1. The van der Waals surface area contributed by atoms with Crippen LogP contribution in [-0.4, -0.2) is 5.78 Å². The number of aryl methyl sites for hydroxylation is 1. The van der Waals surface area contributed by atoms with Crippen molar-refractivity contribution in [1.29, 1.82) is 0 Å². The van der Waals surface area contributed by atoms with Crippen molar-refractivity contribution in [2.75, 3.05) is 0 Å². The van der Waals surface area contributed by atoms with E-state index >= 15 is 0 Å². The maximum absolute atomic E-state index is 12.8. The first-order chi connectivity index (χ1) is 10.3. The summed E-state index contributed by atoms with van der Waals surface area (Å²) >= 11 is 0. The lowest BCUT2D eigenvalue weighted by Crippen LogP contribution is -2.12. The molecule has 0 N–H and O–H groups in total. The molecule has 1 nitrogen and oxygen atoms in total. The van der Waals surface area contributed by atoms with E-state index in [1.54, 1.807) is 0 Å². The van der Waals surface area contributed by atoms with Gasteiger partial charge in [-0.05, 0) is 48.3 Å². The summed E-state index contributed by atoms with van der Waals surface area (Å²) in [6.45, 7) is 0. The molecule has 2 aromatic carbocycles. The highest BCUT2D eigenvalue weighted by Crippen LogP contribution is 2.38. The molecular weight excluding hydrogens is 256 g/mol. The normalized spacial score (nSPS) is 20.9. The van der Waals surface area contributed by atoms with Gasteiger partial charge in [-0.25, -0.2) is 0 Å². The van der Waals surface area contributed by atoms with E-state index in [9.17, 15) is 4.79 Å². The van der Waals surface area contributed by atoms with Gasteiger partial charge in [0.05, 0.1) is 0 Å². The minimum absolute atomic E-state index is 0.0655. The number of fused-ring (bicyclic) bond motifs is 1. The molecule has 1 unspecified atom stereocenters. The molecule has 2 aromatic rings. The fourth-order valence-electron chi connectivity index (χ4n) is 3.69. The number of rotatable bonds is 3. The van der Waals surface area contributed by atoms with Crippen LogP contribution in [0.3, 0.4) is 0 Å². The van der Waals surface area contributed by atoms with Crippen LogP contribution in [-0.2, 0) is 6.42 Å². The number of Topliss-reactive ketones (excluding diaryl/α,β-unsaturated/α-hetero) is 1. The number of carbonyl (C=O) groups is 1. The van der Waals surface area contributed by atoms with E-state index in [4.69, 9.17) is 0 Å². The molecule has 1 fully saturated rings. The van der Waals surface area contributed by atoms with E-state index in [0.717, 1.165) is 24.3 Å². The summed E-state index contributed by atoms with van der Waals surface area (Å²) in [5.41, 5.74) is 4.87. The van der Waals surface area contributed by atoms with Crippen molar-refractivity contribution in [2.45, 2.75) is 43.9 Å². The minimum atomic E-state index is 0.0655. The molecular formula is C20H20O. The molecule has 0 radical (unpaired) electrons. The van der Waals surface area contributed by atoms with Crippen LogP contribution >= 0.6 is 0 Å². The Morgan fingerprint density at radius 3 is 2.38 bits per heavy atom. The first-order valence-electron chi connectivity index (χ1n) is 8.05. The topological polar surface area (TPSA) is 17.1 Å². The molecule has 1 atom stereocenters. The molecule has 0 amide bonds. The van der Waals surface area contributed by atoms with Gasteiger partial charge in [0, 0.05) is 11.5 Å². The molecule has 1 saturated carbocycles. The van der Waals surface area contributed by atoms with E-state index in [1.807, 2.05) is 18.2 Å². The van der Waals surface area contributed by atoms with Gasteiger partial charge in [0.1, 0.15) is 0 Å². The van der Waals surface area contributed by atoms with E-state index in [0.29, 0.717) is 5.78 Å².